The molecule has 2 aromatic heterocycles. The van der Waals surface area contributed by atoms with Gasteiger partial charge in [0.05, 0.1) is 17.7 Å². The van der Waals surface area contributed by atoms with Crippen LogP contribution in [0.3, 0.4) is 0 Å². The van der Waals surface area contributed by atoms with Crippen molar-refractivity contribution in [2.75, 3.05) is 13.2 Å². The number of pyridine rings is 1. The molecule has 1 aliphatic rings. The molecule has 0 spiro atoms. The molecule has 1 aliphatic heterocycles. The van der Waals surface area contributed by atoms with Crippen molar-refractivity contribution in [3.63, 3.8) is 0 Å². The van der Waals surface area contributed by atoms with Crippen molar-refractivity contribution in [1.29, 1.82) is 0 Å². The molecule has 4 rings (SSSR count). The standard InChI is InChI=1S/C16H15N3O3/c1-19-13-5-3-2-4-11(13)12(8-14(19)20)16-17-15(18-22-16)10-6-7-21-9-10/h2-5,8,10H,6-7,9H2,1H3/t10-/m0/s1. The normalized spacial score (nSPS) is 18.1. The lowest BCUT2D eigenvalue weighted by Crippen LogP contribution is -2.16. The highest BCUT2D eigenvalue weighted by Gasteiger charge is 2.24. The summed E-state index contributed by atoms with van der Waals surface area (Å²) in [5, 5.41) is 4.98. The van der Waals surface area contributed by atoms with E-state index in [1.54, 1.807) is 17.7 Å². The molecule has 3 heterocycles. The van der Waals surface area contributed by atoms with Crippen molar-refractivity contribution < 1.29 is 9.26 Å². The van der Waals surface area contributed by atoms with Gasteiger partial charge < -0.3 is 13.8 Å². The second kappa shape index (κ2) is 5.06. The number of aromatic nitrogens is 3. The van der Waals surface area contributed by atoms with Crippen molar-refractivity contribution >= 4 is 10.9 Å². The van der Waals surface area contributed by atoms with Gasteiger partial charge in [-0.3, -0.25) is 4.79 Å². The summed E-state index contributed by atoms with van der Waals surface area (Å²) >= 11 is 0. The topological polar surface area (TPSA) is 70.2 Å². The highest BCUT2D eigenvalue weighted by atomic mass is 16.5. The van der Waals surface area contributed by atoms with Crippen LogP contribution in [0.5, 0.6) is 0 Å². The Balaban J connectivity index is 1.87. The van der Waals surface area contributed by atoms with Crippen molar-refractivity contribution in [3.8, 4) is 11.5 Å². The molecule has 6 heteroatoms. The molecule has 1 atom stereocenters. The van der Waals surface area contributed by atoms with E-state index >= 15 is 0 Å². The molecule has 6 nitrogen and oxygen atoms in total. The lowest BCUT2D eigenvalue weighted by atomic mass is 10.1. The first-order valence-electron chi connectivity index (χ1n) is 7.24. The fourth-order valence-electron chi connectivity index (χ4n) is 2.84. The van der Waals surface area contributed by atoms with Gasteiger partial charge in [0, 0.05) is 31.0 Å². The van der Waals surface area contributed by atoms with Crippen LogP contribution in [0.2, 0.25) is 0 Å². The van der Waals surface area contributed by atoms with Crippen molar-refractivity contribution in [3.05, 3.63) is 46.5 Å². The summed E-state index contributed by atoms with van der Waals surface area (Å²) in [7, 11) is 1.75. The highest BCUT2D eigenvalue weighted by Crippen LogP contribution is 2.28. The molecule has 0 N–H and O–H groups in total. The first-order chi connectivity index (χ1) is 10.7. The Hall–Kier alpha value is -2.47. The fourth-order valence-corrected chi connectivity index (χ4v) is 2.84. The van der Waals surface area contributed by atoms with Crippen LogP contribution >= 0.6 is 0 Å². The Bertz CT molecular complexity index is 891. The van der Waals surface area contributed by atoms with E-state index in [9.17, 15) is 4.79 Å². The zero-order valence-corrected chi connectivity index (χ0v) is 12.2. The number of rotatable bonds is 2. The van der Waals surface area contributed by atoms with Crippen LogP contribution < -0.4 is 5.56 Å². The number of hydrogen-bond donors (Lipinski definition) is 0. The Morgan fingerprint density at radius 1 is 1.32 bits per heavy atom. The van der Waals surface area contributed by atoms with E-state index in [0.717, 1.165) is 23.9 Å². The number of hydrogen-bond acceptors (Lipinski definition) is 5. The number of aryl methyl sites for hydroxylation is 1. The Labute approximate surface area is 126 Å². The summed E-state index contributed by atoms with van der Waals surface area (Å²) < 4.78 is 12.4. The van der Waals surface area contributed by atoms with E-state index in [-0.39, 0.29) is 11.5 Å². The SMILES string of the molecule is Cn1c(=O)cc(-c2nc([C@H]3CCOC3)no2)c2ccccc21. The Morgan fingerprint density at radius 2 is 2.18 bits per heavy atom. The van der Waals surface area contributed by atoms with E-state index in [4.69, 9.17) is 9.26 Å². The van der Waals surface area contributed by atoms with E-state index in [2.05, 4.69) is 10.1 Å². The third-order valence-corrected chi connectivity index (χ3v) is 4.12. The molecule has 0 bridgehead atoms. The van der Waals surface area contributed by atoms with Gasteiger partial charge in [-0.2, -0.15) is 4.98 Å². The maximum atomic E-state index is 12.1. The average Bonchev–Trinajstić information content (AvgIpc) is 3.21. The minimum atomic E-state index is -0.0994. The zero-order chi connectivity index (χ0) is 15.1. The maximum absolute atomic E-state index is 12.1. The lowest BCUT2D eigenvalue weighted by molar-refractivity contribution is 0.192. The van der Waals surface area contributed by atoms with Crippen LogP contribution in [0.15, 0.2) is 39.6 Å². The van der Waals surface area contributed by atoms with Gasteiger partial charge in [-0.1, -0.05) is 23.4 Å². The molecule has 0 saturated carbocycles. The van der Waals surface area contributed by atoms with Gasteiger partial charge in [-0.05, 0) is 12.5 Å². The number of ether oxygens (including phenoxy) is 1. The molecule has 1 saturated heterocycles. The van der Waals surface area contributed by atoms with Crippen LogP contribution in [0.4, 0.5) is 0 Å². The quantitative estimate of drug-likeness (QED) is 0.724. The van der Waals surface area contributed by atoms with Crippen LogP contribution in [0, 0.1) is 0 Å². The summed E-state index contributed by atoms with van der Waals surface area (Å²) in [6.45, 7) is 1.35. The maximum Gasteiger partial charge on any atom is 0.258 e. The lowest BCUT2D eigenvalue weighted by Gasteiger charge is -2.07. The fraction of sp³-hybridized carbons (Fsp3) is 0.312. The predicted octanol–water partition coefficient (Wildman–Crippen LogP) is 2.09. The second-order valence-corrected chi connectivity index (χ2v) is 5.49. The van der Waals surface area contributed by atoms with Crippen molar-refractivity contribution in [1.82, 2.24) is 14.7 Å². The van der Waals surface area contributed by atoms with E-state index in [1.807, 2.05) is 24.3 Å². The summed E-state index contributed by atoms with van der Waals surface area (Å²) in [6.07, 6.45) is 0.899. The van der Waals surface area contributed by atoms with Gasteiger partial charge in [-0.25, -0.2) is 0 Å². The van der Waals surface area contributed by atoms with Gasteiger partial charge in [0.25, 0.3) is 11.4 Å². The minimum Gasteiger partial charge on any atom is -0.381 e. The Morgan fingerprint density at radius 3 is 3.00 bits per heavy atom. The van der Waals surface area contributed by atoms with Crippen molar-refractivity contribution in [2.24, 2.45) is 7.05 Å². The molecule has 22 heavy (non-hydrogen) atoms. The number of fused-ring (bicyclic) bond motifs is 1. The summed E-state index contributed by atoms with van der Waals surface area (Å²) in [4.78, 5) is 16.6. The molecule has 0 radical (unpaired) electrons. The van der Waals surface area contributed by atoms with Crippen LogP contribution in [0.25, 0.3) is 22.4 Å². The van der Waals surface area contributed by atoms with Gasteiger partial charge in [0.1, 0.15) is 0 Å². The zero-order valence-electron chi connectivity index (χ0n) is 12.2. The Kier molecular flexibility index (Phi) is 3.04. The van der Waals surface area contributed by atoms with Crippen molar-refractivity contribution in [2.45, 2.75) is 12.3 Å². The molecule has 3 aromatic rings. The number of para-hydroxylation sites is 1. The average molecular weight is 297 g/mol. The van der Waals surface area contributed by atoms with Gasteiger partial charge in [0.15, 0.2) is 5.82 Å². The first kappa shape index (κ1) is 13.2. The van der Waals surface area contributed by atoms with E-state index in [1.165, 1.54) is 0 Å². The molecule has 0 amide bonds. The molecule has 1 aromatic carbocycles. The van der Waals surface area contributed by atoms with Gasteiger partial charge >= 0.3 is 0 Å². The number of benzene rings is 1. The third-order valence-electron chi connectivity index (χ3n) is 4.12. The predicted molar refractivity (Wildman–Crippen MR) is 80.7 cm³/mol. The molecule has 112 valence electrons. The molecule has 0 unspecified atom stereocenters. The van der Waals surface area contributed by atoms with E-state index in [0.29, 0.717) is 23.9 Å². The van der Waals surface area contributed by atoms with Crippen LogP contribution in [0.1, 0.15) is 18.2 Å². The summed E-state index contributed by atoms with van der Waals surface area (Å²) in [5.74, 6) is 1.21. The summed E-state index contributed by atoms with van der Waals surface area (Å²) in [5.41, 5.74) is 1.42. The highest BCUT2D eigenvalue weighted by molar-refractivity contribution is 5.92. The van der Waals surface area contributed by atoms with Crippen LogP contribution in [-0.4, -0.2) is 27.9 Å². The van der Waals surface area contributed by atoms with Gasteiger partial charge in [-0.15, -0.1) is 0 Å². The summed E-state index contributed by atoms with van der Waals surface area (Å²) in [6, 6.07) is 9.23. The first-order valence-corrected chi connectivity index (χ1v) is 7.24. The van der Waals surface area contributed by atoms with Crippen LogP contribution in [-0.2, 0) is 11.8 Å². The second-order valence-electron chi connectivity index (χ2n) is 5.49. The van der Waals surface area contributed by atoms with Gasteiger partial charge in [0.2, 0.25) is 0 Å². The van der Waals surface area contributed by atoms with E-state index < -0.39 is 0 Å². The molecular formula is C16H15N3O3. The largest absolute Gasteiger partial charge is 0.381 e. The monoisotopic (exact) mass is 297 g/mol. The molecular weight excluding hydrogens is 282 g/mol. The third kappa shape index (κ3) is 2.03. The number of nitrogens with zero attached hydrogens (tertiary/aromatic N) is 3. The molecule has 1 fully saturated rings. The smallest absolute Gasteiger partial charge is 0.258 e. The molecule has 0 aliphatic carbocycles. The minimum absolute atomic E-state index is 0.0994.